The molecule has 2 rings (SSSR count). The van der Waals surface area contributed by atoms with Gasteiger partial charge in [0.2, 0.25) is 0 Å². The Morgan fingerprint density at radius 1 is 1.64 bits per heavy atom. The van der Waals surface area contributed by atoms with Gasteiger partial charge in [-0.1, -0.05) is 0 Å². The molecule has 1 unspecified atom stereocenters. The van der Waals surface area contributed by atoms with Crippen molar-refractivity contribution in [1.29, 1.82) is 0 Å². The topological polar surface area (TPSA) is 29.5 Å². The van der Waals surface area contributed by atoms with Crippen LogP contribution in [-0.2, 0) is 9.53 Å². The number of alkyl halides is 1. The summed E-state index contributed by atoms with van der Waals surface area (Å²) in [5.41, 5.74) is -0.544. The van der Waals surface area contributed by atoms with Crippen LogP contribution in [0.4, 0.5) is 0 Å². The zero-order valence-electron chi connectivity index (χ0n) is 8.46. The van der Waals surface area contributed by atoms with Crippen LogP contribution < -0.4 is 0 Å². The molecule has 80 valence electrons. The highest BCUT2D eigenvalue weighted by molar-refractivity contribution is 6.18. The first kappa shape index (κ1) is 10.2. The van der Waals surface area contributed by atoms with Crippen molar-refractivity contribution in [2.45, 2.75) is 25.4 Å². The molecule has 0 N–H and O–H groups in total. The lowest BCUT2D eigenvalue weighted by Crippen LogP contribution is -2.57. The van der Waals surface area contributed by atoms with Gasteiger partial charge in [-0.15, -0.1) is 11.6 Å². The Bertz CT molecular complexity index is 232. The van der Waals surface area contributed by atoms with Crippen LogP contribution >= 0.6 is 11.6 Å². The predicted molar refractivity (Wildman–Crippen MR) is 54.4 cm³/mol. The van der Waals surface area contributed by atoms with Gasteiger partial charge in [-0.25, -0.2) is 0 Å². The molecule has 0 aliphatic carbocycles. The maximum Gasteiger partial charge on any atom is 0.254 e. The molecule has 2 aliphatic rings. The van der Waals surface area contributed by atoms with Gasteiger partial charge in [0.15, 0.2) is 0 Å². The Morgan fingerprint density at radius 2 is 2.36 bits per heavy atom. The van der Waals surface area contributed by atoms with E-state index in [0.29, 0.717) is 11.8 Å². The van der Waals surface area contributed by atoms with E-state index in [1.54, 1.807) is 0 Å². The van der Waals surface area contributed by atoms with Crippen molar-refractivity contribution >= 4 is 17.5 Å². The van der Waals surface area contributed by atoms with E-state index >= 15 is 0 Å². The maximum absolute atomic E-state index is 12.0. The van der Waals surface area contributed by atoms with Gasteiger partial charge >= 0.3 is 0 Å². The standard InChI is InChI=1S/C10H16ClNO2/c1-10(3-2-4-14-10)9(13)12-6-8(5-11)7-12/h8H,2-7H2,1H3. The molecule has 0 aromatic rings. The minimum absolute atomic E-state index is 0.149. The smallest absolute Gasteiger partial charge is 0.254 e. The van der Waals surface area contributed by atoms with Crippen molar-refractivity contribution < 1.29 is 9.53 Å². The first-order chi connectivity index (χ1) is 6.65. The fraction of sp³-hybridized carbons (Fsp3) is 0.900. The van der Waals surface area contributed by atoms with Gasteiger partial charge < -0.3 is 9.64 Å². The highest BCUT2D eigenvalue weighted by atomic mass is 35.5. The molecule has 2 heterocycles. The Morgan fingerprint density at radius 3 is 2.86 bits per heavy atom. The van der Waals surface area contributed by atoms with Crippen LogP contribution in [0.5, 0.6) is 0 Å². The number of nitrogens with zero attached hydrogens (tertiary/aromatic N) is 1. The molecule has 4 heteroatoms. The Kier molecular flexibility index (Phi) is 2.71. The van der Waals surface area contributed by atoms with Gasteiger partial charge in [-0.05, 0) is 19.8 Å². The molecule has 0 aromatic carbocycles. The lowest BCUT2D eigenvalue weighted by Gasteiger charge is -2.42. The minimum atomic E-state index is -0.544. The Labute approximate surface area is 89.4 Å². The minimum Gasteiger partial charge on any atom is -0.365 e. The van der Waals surface area contributed by atoms with Crippen LogP contribution in [0.3, 0.4) is 0 Å². The number of carbonyl (C=O) groups is 1. The number of hydrogen-bond donors (Lipinski definition) is 0. The van der Waals surface area contributed by atoms with Crippen molar-refractivity contribution in [3.63, 3.8) is 0 Å². The number of likely N-dealkylation sites (tertiary alicyclic amines) is 1. The first-order valence-corrected chi connectivity index (χ1v) is 5.68. The summed E-state index contributed by atoms with van der Waals surface area (Å²) >= 11 is 5.70. The average Bonchev–Trinajstić information content (AvgIpc) is 2.51. The lowest BCUT2D eigenvalue weighted by molar-refractivity contribution is -0.157. The molecular formula is C10H16ClNO2. The molecule has 1 amide bonds. The fourth-order valence-electron chi connectivity index (χ4n) is 2.12. The van der Waals surface area contributed by atoms with Gasteiger partial charge in [-0.2, -0.15) is 0 Å². The van der Waals surface area contributed by atoms with Crippen molar-refractivity contribution in [3.8, 4) is 0 Å². The molecule has 1 atom stereocenters. The van der Waals surface area contributed by atoms with Gasteiger partial charge in [-0.3, -0.25) is 4.79 Å². The maximum atomic E-state index is 12.0. The molecule has 3 nitrogen and oxygen atoms in total. The molecule has 0 saturated carbocycles. The highest BCUT2D eigenvalue weighted by Crippen LogP contribution is 2.30. The van der Waals surface area contributed by atoms with Gasteiger partial charge in [0.05, 0.1) is 0 Å². The van der Waals surface area contributed by atoms with Crippen molar-refractivity contribution in [3.05, 3.63) is 0 Å². The third-order valence-corrected chi connectivity index (χ3v) is 3.57. The third-order valence-electron chi connectivity index (χ3n) is 3.13. The molecule has 14 heavy (non-hydrogen) atoms. The van der Waals surface area contributed by atoms with E-state index in [4.69, 9.17) is 16.3 Å². The van der Waals surface area contributed by atoms with Gasteiger partial charge in [0.1, 0.15) is 5.60 Å². The molecule has 0 radical (unpaired) electrons. The Balaban J connectivity index is 1.90. The van der Waals surface area contributed by atoms with Crippen molar-refractivity contribution in [1.82, 2.24) is 4.90 Å². The number of amides is 1. The second-order valence-corrected chi connectivity index (χ2v) is 4.72. The van der Waals surface area contributed by atoms with E-state index < -0.39 is 5.60 Å². The average molecular weight is 218 g/mol. The van der Waals surface area contributed by atoms with E-state index in [0.717, 1.165) is 32.5 Å². The van der Waals surface area contributed by atoms with E-state index in [9.17, 15) is 4.79 Å². The second-order valence-electron chi connectivity index (χ2n) is 4.41. The summed E-state index contributed by atoms with van der Waals surface area (Å²) in [4.78, 5) is 13.8. The second kappa shape index (κ2) is 3.70. The van der Waals surface area contributed by atoms with Crippen molar-refractivity contribution in [2.24, 2.45) is 5.92 Å². The van der Waals surface area contributed by atoms with E-state index in [1.165, 1.54) is 0 Å². The predicted octanol–water partition coefficient (Wildman–Crippen LogP) is 1.25. The largest absolute Gasteiger partial charge is 0.365 e. The molecule has 2 saturated heterocycles. The fourth-order valence-corrected chi connectivity index (χ4v) is 2.31. The molecule has 2 fully saturated rings. The van der Waals surface area contributed by atoms with Gasteiger partial charge in [0.25, 0.3) is 5.91 Å². The van der Waals surface area contributed by atoms with E-state index in [1.807, 2.05) is 11.8 Å². The highest BCUT2D eigenvalue weighted by Gasteiger charge is 2.44. The number of carbonyl (C=O) groups excluding carboxylic acids is 1. The van der Waals surface area contributed by atoms with Crippen LogP contribution in [0.1, 0.15) is 19.8 Å². The number of ether oxygens (including phenoxy) is 1. The zero-order valence-corrected chi connectivity index (χ0v) is 9.22. The van der Waals surface area contributed by atoms with E-state index in [2.05, 4.69) is 0 Å². The summed E-state index contributed by atoms with van der Waals surface area (Å²) in [5, 5.41) is 0. The van der Waals surface area contributed by atoms with E-state index in [-0.39, 0.29) is 5.91 Å². The molecule has 0 aromatic heterocycles. The SMILES string of the molecule is CC1(C(=O)N2CC(CCl)C2)CCCO1. The Hall–Kier alpha value is -0.280. The number of rotatable bonds is 2. The normalized spacial score (nSPS) is 33.1. The molecule has 2 aliphatic heterocycles. The number of halogens is 1. The van der Waals surface area contributed by atoms with Crippen LogP contribution in [0.25, 0.3) is 0 Å². The van der Waals surface area contributed by atoms with Crippen LogP contribution in [0.2, 0.25) is 0 Å². The summed E-state index contributed by atoms with van der Waals surface area (Å²) in [6.07, 6.45) is 1.85. The summed E-state index contributed by atoms with van der Waals surface area (Å²) < 4.78 is 5.50. The van der Waals surface area contributed by atoms with Crippen LogP contribution in [0.15, 0.2) is 0 Å². The summed E-state index contributed by atoms with van der Waals surface area (Å²) in [5.74, 6) is 1.29. The van der Waals surface area contributed by atoms with Crippen LogP contribution in [-0.4, -0.2) is 42.0 Å². The molecular weight excluding hydrogens is 202 g/mol. The quantitative estimate of drug-likeness (QED) is 0.652. The molecule has 0 spiro atoms. The van der Waals surface area contributed by atoms with Crippen molar-refractivity contribution in [2.75, 3.05) is 25.6 Å². The van der Waals surface area contributed by atoms with Gasteiger partial charge in [0, 0.05) is 31.5 Å². The monoisotopic (exact) mass is 217 g/mol. The summed E-state index contributed by atoms with van der Waals surface area (Å²) in [6.45, 7) is 4.23. The third kappa shape index (κ3) is 1.63. The molecule has 0 bridgehead atoms. The lowest BCUT2D eigenvalue weighted by atomic mass is 9.95. The van der Waals surface area contributed by atoms with Crippen LogP contribution in [0, 0.1) is 5.92 Å². The zero-order chi connectivity index (χ0) is 10.2. The number of hydrogen-bond acceptors (Lipinski definition) is 2. The first-order valence-electron chi connectivity index (χ1n) is 5.15. The summed E-state index contributed by atoms with van der Waals surface area (Å²) in [6, 6.07) is 0. The summed E-state index contributed by atoms with van der Waals surface area (Å²) in [7, 11) is 0.